The molecule has 0 bridgehead atoms. The number of nitrogens with one attached hydrogen (secondary N) is 2. The molecule has 0 radical (unpaired) electrons. The summed E-state index contributed by atoms with van der Waals surface area (Å²) in [5.41, 5.74) is -0.540. The van der Waals surface area contributed by atoms with E-state index in [0.717, 1.165) is 6.08 Å². The lowest BCUT2D eigenvalue weighted by Gasteiger charge is -2.36. The van der Waals surface area contributed by atoms with Gasteiger partial charge in [-0.2, -0.15) is 5.10 Å². The van der Waals surface area contributed by atoms with Crippen LogP contribution in [0.2, 0.25) is 0 Å². The molecule has 1 aromatic carbocycles. The highest BCUT2D eigenvalue weighted by molar-refractivity contribution is 6.00. The molecule has 1 saturated heterocycles. The normalized spacial score (nSPS) is 15.9. The average molecular weight is 358 g/mol. The fraction of sp³-hybridized carbons (Fsp3) is 0.278. The SMILES string of the molecule is C=CC(=O)Nc1cc(NC(=O)C2(n3cccn3)CCOCC2)ccc1F. The minimum atomic E-state index is -0.874. The second kappa shape index (κ2) is 7.49. The van der Waals surface area contributed by atoms with E-state index in [1.165, 1.54) is 18.2 Å². The van der Waals surface area contributed by atoms with Crippen LogP contribution in [-0.4, -0.2) is 34.8 Å². The first kappa shape index (κ1) is 17.8. The lowest BCUT2D eigenvalue weighted by molar-refractivity contribution is -0.130. The Bertz CT molecular complexity index is 814. The fourth-order valence-corrected chi connectivity index (χ4v) is 2.92. The molecule has 1 aliphatic heterocycles. The fourth-order valence-electron chi connectivity index (χ4n) is 2.92. The zero-order valence-electron chi connectivity index (χ0n) is 14.1. The maximum Gasteiger partial charge on any atom is 0.252 e. The predicted molar refractivity (Wildman–Crippen MR) is 94.1 cm³/mol. The molecule has 0 unspecified atom stereocenters. The Labute approximate surface area is 149 Å². The van der Waals surface area contributed by atoms with Crippen molar-refractivity contribution in [1.82, 2.24) is 9.78 Å². The van der Waals surface area contributed by atoms with Crippen LogP contribution in [-0.2, 0) is 19.9 Å². The minimum Gasteiger partial charge on any atom is -0.381 e. The number of ether oxygens (including phenoxy) is 1. The molecule has 0 atom stereocenters. The molecule has 1 aromatic heterocycles. The predicted octanol–water partition coefficient (Wildman–Crippen LogP) is 2.29. The van der Waals surface area contributed by atoms with Crippen LogP contribution in [0, 0.1) is 5.82 Å². The maximum atomic E-state index is 13.9. The van der Waals surface area contributed by atoms with E-state index in [0.29, 0.717) is 31.7 Å². The van der Waals surface area contributed by atoms with Gasteiger partial charge in [-0.1, -0.05) is 6.58 Å². The van der Waals surface area contributed by atoms with E-state index in [9.17, 15) is 14.0 Å². The van der Waals surface area contributed by atoms with E-state index in [1.54, 1.807) is 23.1 Å². The van der Waals surface area contributed by atoms with Crippen LogP contribution in [0.15, 0.2) is 49.3 Å². The summed E-state index contributed by atoms with van der Waals surface area (Å²) in [6.45, 7) is 4.21. The van der Waals surface area contributed by atoms with Gasteiger partial charge in [-0.25, -0.2) is 4.39 Å². The highest BCUT2D eigenvalue weighted by atomic mass is 19.1. The molecular weight excluding hydrogens is 339 g/mol. The third-order valence-electron chi connectivity index (χ3n) is 4.35. The molecule has 26 heavy (non-hydrogen) atoms. The zero-order valence-corrected chi connectivity index (χ0v) is 14.1. The van der Waals surface area contributed by atoms with Crippen LogP contribution in [0.5, 0.6) is 0 Å². The lowest BCUT2D eigenvalue weighted by Crippen LogP contribution is -2.49. The van der Waals surface area contributed by atoms with Gasteiger partial charge in [-0.05, 0) is 30.3 Å². The molecule has 2 N–H and O–H groups in total. The molecule has 0 spiro atoms. The monoisotopic (exact) mass is 358 g/mol. The van der Waals surface area contributed by atoms with Crippen molar-refractivity contribution in [2.75, 3.05) is 23.8 Å². The topological polar surface area (TPSA) is 85.3 Å². The summed E-state index contributed by atoms with van der Waals surface area (Å²) in [5, 5.41) is 9.40. The van der Waals surface area contributed by atoms with E-state index in [-0.39, 0.29) is 11.6 Å². The smallest absolute Gasteiger partial charge is 0.252 e. The van der Waals surface area contributed by atoms with Crippen molar-refractivity contribution in [2.24, 2.45) is 0 Å². The highest BCUT2D eigenvalue weighted by Crippen LogP contribution is 2.31. The van der Waals surface area contributed by atoms with Gasteiger partial charge in [-0.3, -0.25) is 14.3 Å². The number of carbonyl (C=O) groups is 2. The Hall–Kier alpha value is -3.00. The van der Waals surface area contributed by atoms with Crippen LogP contribution in [0.3, 0.4) is 0 Å². The van der Waals surface area contributed by atoms with Crippen molar-refractivity contribution in [3.63, 3.8) is 0 Å². The third-order valence-corrected chi connectivity index (χ3v) is 4.35. The maximum absolute atomic E-state index is 13.9. The first-order valence-corrected chi connectivity index (χ1v) is 8.17. The van der Waals surface area contributed by atoms with E-state index in [4.69, 9.17) is 4.74 Å². The largest absolute Gasteiger partial charge is 0.381 e. The van der Waals surface area contributed by atoms with Gasteiger partial charge >= 0.3 is 0 Å². The number of nitrogens with zero attached hydrogens (tertiary/aromatic N) is 2. The summed E-state index contributed by atoms with van der Waals surface area (Å²) in [7, 11) is 0. The molecule has 2 amide bonds. The van der Waals surface area contributed by atoms with E-state index >= 15 is 0 Å². The van der Waals surface area contributed by atoms with Crippen molar-refractivity contribution < 1.29 is 18.7 Å². The van der Waals surface area contributed by atoms with Crippen LogP contribution in [0.1, 0.15) is 12.8 Å². The summed E-state index contributed by atoms with van der Waals surface area (Å²) >= 11 is 0. The van der Waals surface area contributed by atoms with Crippen LogP contribution in [0.25, 0.3) is 0 Å². The molecular formula is C18H19FN4O3. The van der Waals surface area contributed by atoms with Gasteiger partial charge in [-0.15, -0.1) is 0 Å². The Kier molecular flexibility index (Phi) is 5.13. The van der Waals surface area contributed by atoms with Gasteiger partial charge in [0.25, 0.3) is 5.91 Å². The van der Waals surface area contributed by atoms with Crippen molar-refractivity contribution in [2.45, 2.75) is 18.4 Å². The first-order valence-electron chi connectivity index (χ1n) is 8.17. The number of hydrogen-bond donors (Lipinski definition) is 2. The molecule has 1 aliphatic rings. The van der Waals surface area contributed by atoms with Crippen LogP contribution in [0.4, 0.5) is 15.8 Å². The number of amides is 2. The van der Waals surface area contributed by atoms with Gasteiger partial charge in [0.05, 0.1) is 5.69 Å². The third kappa shape index (κ3) is 3.50. The van der Waals surface area contributed by atoms with Crippen LogP contribution >= 0.6 is 0 Å². The summed E-state index contributed by atoms with van der Waals surface area (Å²) < 4.78 is 20.9. The lowest BCUT2D eigenvalue weighted by atomic mass is 9.89. The molecule has 136 valence electrons. The summed E-state index contributed by atoms with van der Waals surface area (Å²) in [4.78, 5) is 24.4. The van der Waals surface area contributed by atoms with Gasteiger partial charge in [0, 0.05) is 44.1 Å². The molecule has 0 aliphatic carbocycles. The molecule has 0 saturated carbocycles. The van der Waals surface area contributed by atoms with E-state index < -0.39 is 17.3 Å². The number of hydrogen-bond acceptors (Lipinski definition) is 4. The minimum absolute atomic E-state index is 0.0344. The van der Waals surface area contributed by atoms with Crippen molar-refractivity contribution in [1.29, 1.82) is 0 Å². The molecule has 3 rings (SSSR count). The Balaban J connectivity index is 1.85. The second-order valence-electron chi connectivity index (χ2n) is 5.94. The van der Waals surface area contributed by atoms with Gasteiger partial charge < -0.3 is 15.4 Å². The van der Waals surface area contributed by atoms with Crippen molar-refractivity contribution in [3.05, 3.63) is 55.1 Å². The van der Waals surface area contributed by atoms with Gasteiger partial charge in [0.2, 0.25) is 5.91 Å². The number of benzene rings is 1. The van der Waals surface area contributed by atoms with E-state index in [2.05, 4.69) is 22.3 Å². The van der Waals surface area contributed by atoms with Crippen molar-refractivity contribution in [3.8, 4) is 0 Å². The number of carbonyl (C=O) groups excluding carboxylic acids is 2. The average Bonchev–Trinajstić information content (AvgIpc) is 3.20. The van der Waals surface area contributed by atoms with Gasteiger partial charge in [0.1, 0.15) is 11.4 Å². The van der Waals surface area contributed by atoms with Gasteiger partial charge in [0.15, 0.2) is 0 Å². The molecule has 1 fully saturated rings. The highest BCUT2D eigenvalue weighted by Gasteiger charge is 2.42. The Morgan fingerprint density at radius 2 is 2.08 bits per heavy atom. The summed E-state index contributed by atoms with van der Waals surface area (Å²) in [6.07, 6.45) is 5.35. The summed E-state index contributed by atoms with van der Waals surface area (Å²) in [5.74, 6) is -1.41. The quantitative estimate of drug-likeness (QED) is 0.803. The standard InChI is InChI=1S/C18H19FN4O3/c1-2-16(24)22-15-12-13(4-5-14(15)19)21-17(25)18(6-10-26-11-7-18)23-9-3-8-20-23/h2-5,8-9,12H,1,6-7,10-11H2,(H,21,25)(H,22,24). The second-order valence-corrected chi connectivity index (χ2v) is 5.94. The molecule has 7 nitrogen and oxygen atoms in total. The molecule has 2 heterocycles. The Morgan fingerprint density at radius 3 is 2.73 bits per heavy atom. The Morgan fingerprint density at radius 1 is 1.31 bits per heavy atom. The summed E-state index contributed by atoms with van der Waals surface area (Å²) in [6, 6.07) is 5.74. The van der Waals surface area contributed by atoms with E-state index in [1.807, 2.05) is 0 Å². The molecule has 2 aromatic rings. The van der Waals surface area contributed by atoms with Crippen molar-refractivity contribution >= 4 is 23.2 Å². The number of anilines is 2. The number of halogens is 1. The number of aromatic nitrogens is 2. The number of rotatable bonds is 5. The first-order chi connectivity index (χ1) is 12.5. The molecule has 8 heteroatoms. The van der Waals surface area contributed by atoms with Crippen LogP contribution < -0.4 is 10.6 Å². The zero-order chi connectivity index (χ0) is 18.6.